The van der Waals surface area contributed by atoms with Gasteiger partial charge in [-0.25, -0.2) is 4.39 Å². The van der Waals surface area contributed by atoms with Crippen molar-refractivity contribution in [1.29, 1.82) is 0 Å². The predicted octanol–water partition coefficient (Wildman–Crippen LogP) is 3.90. The van der Waals surface area contributed by atoms with Crippen molar-refractivity contribution in [3.63, 3.8) is 0 Å². The SMILES string of the molecule is O=C(Cc1ccccc1F)NCC1CCC(c2nnc(-c3ccccn3)o2)CC1. The van der Waals surface area contributed by atoms with Gasteiger partial charge in [-0.05, 0) is 55.4 Å². The second-order valence-corrected chi connectivity index (χ2v) is 7.45. The fourth-order valence-corrected chi connectivity index (χ4v) is 3.74. The zero-order valence-electron chi connectivity index (χ0n) is 16.1. The van der Waals surface area contributed by atoms with Crippen LogP contribution in [0.2, 0.25) is 0 Å². The van der Waals surface area contributed by atoms with Crippen LogP contribution in [0.1, 0.15) is 43.1 Å². The quantitative estimate of drug-likeness (QED) is 0.686. The van der Waals surface area contributed by atoms with E-state index in [9.17, 15) is 9.18 Å². The third kappa shape index (κ3) is 4.85. The topological polar surface area (TPSA) is 80.9 Å². The summed E-state index contributed by atoms with van der Waals surface area (Å²) in [5, 5.41) is 11.3. The van der Waals surface area contributed by atoms with Gasteiger partial charge in [-0.1, -0.05) is 24.3 Å². The number of carbonyl (C=O) groups excluding carboxylic acids is 1. The van der Waals surface area contributed by atoms with E-state index >= 15 is 0 Å². The number of aromatic nitrogens is 3. The van der Waals surface area contributed by atoms with Crippen molar-refractivity contribution in [2.45, 2.75) is 38.0 Å². The Balaban J connectivity index is 1.24. The van der Waals surface area contributed by atoms with Gasteiger partial charge in [0.2, 0.25) is 11.8 Å². The second-order valence-electron chi connectivity index (χ2n) is 7.45. The van der Waals surface area contributed by atoms with Gasteiger partial charge in [0.05, 0.1) is 6.42 Å². The minimum absolute atomic E-state index is 0.0697. The normalized spacial score (nSPS) is 19.1. The van der Waals surface area contributed by atoms with Crippen LogP contribution in [0.5, 0.6) is 0 Å². The number of benzene rings is 1. The van der Waals surface area contributed by atoms with Crippen LogP contribution in [0.3, 0.4) is 0 Å². The lowest BCUT2D eigenvalue weighted by molar-refractivity contribution is -0.120. The number of carbonyl (C=O) groups is 1. The predicted molar refractivity (Wildman–Crippen MR) is 105 cm³/mol. The molecule has 4 rings (SSSR count). The van der Waals surface area contributed by atoms with Crippen LogP contribution in [0.25, 0.3) is 11.6 Å². The van der Waals surface area contributed by atoms with E-state index in [-0.39, 0.29) is 24.1 Å². The van der Waals surface area contributed by atoms with Crippen molar-refractivity contribution >= 4 is 5.91 Å². The standard InChI is InChI=1S/C22H23FN4O2/c23-18-6-2-1-5-17(18)13-20(28)25-14-15-8-10-16(11-9-15)21-26-27-22(29-21)19-7-3-4-12-24-19/h1-7,12,15-16H,8-11,13-14H2,(H,25,28). The van der Waals surface area contributed by atoms with Gasteiger partial charge < -0.3 is 9.73 Å². The van der Waals surface area contributed by atoms with E-state index in [0.717, 1.165) is 25.7 Å². The number of nitrogens with one attached hydrogen (secondary N) is 1. The maximum absolute atomic E-state index is 13.7. The van der Waals surface area contributed by atoms with E-state index in [1.165, 1.54) is 6.07 Å². The molecular weight excluding hydrogens is 371 g/mol. The summed E-state index contributed by atoms with van der Waals surface area (Å²) in [6.45, 7) is 0.614. The lowest BCUT2D eigenvalue weighted by Crippen LogP contribution is -2.32. The molecule has 0 radical (unpaired) electrons. The third-order valence-electron chi connectivity index (χ3n) is 5.42. The Labute approximate surface area is 168 Å². The average Bonchev–Trinajstić information content (AvgIpc) is 3.25. The largest absolute Gasteiger partial charge is 0.419 e. The molecule has 6 nitrogen and oxygen atoms in total. The molecule has 1 aliphatic rings. The van der Waals surface area contributed by atoms with Gasteiger partial charge in [-0.15, -0.1) is 10.2 Å². The summed E-state index contributed by atoms with van der Waals surface area (Å²) in [4.78, 5) is 16.3. The zero-order chi connectivity index (χ0) is 20.1. The van der Waals surface area contributed by atoms with Crippen LogP contribution in [0, 0.1) is 11.7 Å². The Kier molecular flexibility index (Phi) is 5.93. The first-order valence-electron chi connectivity index (χ1n) is 9.94. The number of pyridine rings is 1. The van der Waals surface area contributed by atoms with E-state index in [2.05, 4.69) is 20.5 Å². The van der Waals surface area contributed by atoms with Gasteiger partial charge in [0.15, 0.2) is 0 Å². The van der Waals surface area contributed by atoms with Crippen LogP contribution in [-0.4, -0.2) is 27.6 Å². The highest BCUT2D eigenvalue weighted by Gasteiger charge is 2.27. The Hall–Kier alpha value is -3.09. The summed E-state index contributed by atoms with van der Waals surface area (Å²) in [5.41, 5.74) is 1.10. The third-order valence-corrected chi connectivity index (χ3v) is 5.42. The minimum Gasteiger partial charge on any atom is -0.419 e. The van der Waals surface area contributed by atoms with Gasteiger partial charge in [-0.3, -0.25) is 9.78 Å². The molecular formula is C22H23FN4O2. The number of rotatable bonds is 6. The lowest BCUT2D eigenvalue weighted by atomic mass is 9.82. The van der Waals surface area contributed by atoms with Crippen molar-refractivity contribution in [3.8, 4) is 11.6 Å². The van der Waals surface area contributed by atoms with E-state index in [4.69, 9.17) is 4.42 Å². The fourth-order valence-electron chi connectivity index (χ4n) is 3.74. The fraction of sp³-hybridized carbons (Fsp3) is 0.364. The Bertz CT molecular complexity index is 952. The smallest absolute Gasteiger partial charge is 0.266 e. The summed E-state index contributed by atoms with van der Waals surface area (Å²) < 4.78 is 19.5. The van der Waals surface area contributed by atoms with Crippen LogP contribution in [0.4, 0.5) is 4.39 Å². The van der Waals surface area contributed by atoms with Crippen LogP contribution >= 0.6 is 0 Å². The van der Waals surface area contributed by atoms with Crippen molar-refractivity contribution < 1.29 is 13.6 Å². The van der Waals surface area contributed by atoms with Gasteiger partial charge >= 0.3 is 0 Å². The van der Waals surface area contributed by atoms with Gasteiger partial charge in [0.1, 0.15) is 11.5 Å². The van der Waals surface area contributed by atoms with Gasteiger partial charge in [-0.2, -0.15) is 0 Å². The summed E-state index contributed by atoms with van der Waals surface area (Å²) in [6.07, 6.45) is 5.61. The van der Waals surface area contributed by atoms with Crippen LogP contribution < -0.4 is 5.32 Å². The highest BCUT2D eigenvalue weighted by Crippen LogP contribution is 2.35. The minimum atomic E-state index is -0.340. The molecule has 1 N–H and O–H groups in total. The average molecular weight is 394 g/mol. The van der Waals surface area contributed by atoms with Crippen LogP contribution in [0.15, 0.2) is 53.1 Å². The van der Waals surface area contributed by atoms with Gasteiger partial charge in [0, 0.05) is 18.7 Å². The molecule has 0 spiro atoms. The number of hydrogen-bond donors (Lipinski definition) is 1. The molecule has 0 saturated heterocycles. The molecule has 1 aromatic carbocycles. The maximum Gasteiger partial charge on any atom is 0.266 e. The van der Waals surface area contributed by atoms with Gasteiger partial charge in [0.25, 0.3) is 5.89 Å². The Morgan fingerprint density at radius 1 is 1.07 bits per heavy atom. The molecule has 1 aliphatic carbocycles. The van der Waals surface area contributed by atoms with E-state index in [0.29, 0.717) is 35.5 Å². The van der Waals surface area contributed by atoms with E-state index in [1.54, 1.807) is 24.4 Å². The molecule has 0 bridgehead atoms. The van der Waals surface area contributed by atoms with Crippen molar-refractivity contribution in [2.24, 2.45) is 5.92 Å². The van der Waals surface area contributed by atoms with E-state index in [1.807, 2.05) is 18.2 Å². The molecule has 0 unspecified atom stereocenters. The molecule has 1 fully saturated rings. The second kappa shape index (κ2) is 8.94. The number of amides is 1. The lowest BCUT2D eigenvalue weighted by Gasteiger charge is -2.26. The molecule has 29 heavy (non-hydrogen) atoms. The molecule has 2 heterocycles. The molecule has 2 aromatic heterocycles. The molecule has 0 aliphatic heterocycles. The summed E-state index contributed by atoms with van der Waals surface area (Å²) in [6, 6.07) is 12.0. The Morgan fingerprint density at radius 2 is 1.86 bits per heavy atom. The van der Waals surface area contributed by atoms with Crippen molar-refractivity contribution in [1.82, 2.24) is 20.5 Å². The first kappa shape index (κ1) is 19.2. The molecule has 150 valence electrons. The first-order chi connectivity index (χ1) is 14.2. The highest BCUT2D eigenvalue weighted by atomic mass is 19.1. The Morgan fingerprint density at radius 3 is 2.62 bits per heavy atom. The maximum atomic E-state index is 13.7. The molecule has 3 aromatic rings. The van der Waals surface area contributed by atoms with Crippen LogP contribution in [-0.2, 0) is 11.2 Å². The summed E-state index contributed by atoms with van der Waals surface area (Å²) in [5.74, 6) is 1.28. The first-order valence-corrected chi connectivity index (χ1v) is 9.94. The monoisotopic (exact) mass is 394 g/mol. The zero-order valence-corrected chi connectivity index (χ0v) is 16.1. The molecule has 0 atom stereocenters. The molecule has 7 heteroatoms. The van der Waals surface area contributed by atoms with Crippen molar-refractivity contribution in [3.05, 3.63) is 65.9 Å². The number of halogens is 1. The number of nitrogens with zero attached hydrogens (tertiary/aromatic N) is 3. The number of hydrogen-bond acceptors (Lipinski definition) is 5. The highest BCUT2D eigenvalue weighted by molar-refractivity contribution is 5.78. The summed E-state index contributed by atoms with van der Waals surface area (Å²) >= 11 is 0. The molecule has 1 saturated carbocycles. The molecule has 1 amide bonds. The van der Waals surface area contributed by atoms with E-state index < -0.39 is 0 Å². The van der Waals surface area contributed by atoms with Crippen molar-refractivity contribution in [2.75, 3.05) is 6.54 Å². The summed E-state index contributed by atoms with van der Waals surface area (Å²) in [7, 11) is 0.